The van der Waals surface area contributed by atoms with Crippen LogP contribution in [0.15, 0.2) is 0 Å². The number of ether oxygens (including phenoxy) is 1. The smallest absolute Gasteiger partial charge is 0.226 e. The van der Waals surface area contributed by atoms with Gasteiger partial charge in [-0.15, -0.1) is 23.2 Å². The average Bonchev–Trinajstić information content (AvgIpc) is 0.732. The molecule has 0 atom stereocenters. The number of methoxy groups -OCH3 is 1. The highest BCUT2D eigenvalue weighted by atomic mass is 35.5. The van der Waals surface area contributed by atoms with Crippen LogP contribution in [-0.4, -0.2) is 234 Å². The van der Waals surface area contributed by atoms with E-state index in [9.17, 15) is 46.8 Å². The molecule has 20 fully saturated rings. The molecule has 147 heavy (non-hydrogen) atoms. The van der Waals surface area contributed by atoms with E-state index in [1.165, 1.54) is 270 Å². The molecule has 0 heterocycles. The molecule has 0 unspecified atom stereocenters. The van der Waals surface area contributed by atoms with E-state index in [2.05, 4.69) is 43.3 Å². The van der Waals surface area contributed by atoms with Crippen LogP contribution < -0.4 is 4.72 Å². The minimum atomic E-state index is -3.20. The molecule has 4 bridgehead atoms. The van der Waals surface area contributed by atoms with Crippen molar-refractivity contribution in [1.29, 1.82) is 0 Å². The lowest BCUT2D eigenvalue weighted by Gasteiger charge is -2.60. The number of rotatable bonds is 23. The molecule has 0 aromatic carbocycles. The molecule has 20 nitrogen and oxygen atoms in total. The van der Waals surface area contributed by atoms with E-state index in [4.69, 9.17) is 27.9 Å². The van der Waals surface area contributed by atoms with Crippen molar-refractivity contribution >= 4 is 80.5 Å². The molecule has 20 rings (SSSR count). The number of hydrogen-bond acceptors (Lipinski definition) is 11. The van der Waals surface area contributed by atoms with Crippen LogP contribution in [0.3, 0.4) is 0 Å². The molecule has 0 spiro atoms. The summed E-state index contributed by atoms with van der Waals surface area (Å²) in [5.41, 5.74) is 0.706. The van der Waals surface area contributed by atoms with Crippen molar-refractivity contribution in [3.63, 3.8) is 0 Å². The zero-order valence-corrected chi connectivity index (χ0v) is 97.0. The van der Waals surface area contributed by atoms with Gasteiger partial charge in [-0.25, -0.2) is 13.1 Å². The largest absolute Gasteiger partial charge is 0.381 e. The van der Waals surface area contributed by atoms with Gasteiger partial charge in [0.25, 0.3) is 0 Å². The summed E-state index contributed by atoms with van der Waals surface area (Å²) in [4.78, 5) is 120. The SMILES string of the molecule is CCNS(=O)(=O)C1CCC(C(=O)N(C)C2CCCCC2)CC1.CN(C(=O)C1CCC(C23CC4CC(CC(C4)C2)C3)CC1)C1CCCCC1.CN(C(=O)C1CCC(Cl)CC1)C1CCC(Cl)CC1.CN(C(=O)C1CCC(N(C)C(=O)C2CCCCC2)CC1)C1CCCCC1.CN(C(=O)C1CCCCC1)C1CCC(C(=O)N(C2CCCCC2)C2CCCCC2)CC1.COC1CCC(C(=O)N(C)C2CCC(C3CCCCC3)CC2)CC1. The monoisotopic (exact) mass is 2110 g/mol. The van der Waals surface area contributed by atoms with Gasteiger partial charge in [0.05, 0.1) is 11.4 Å². The van der Waals surface area contributed by atoms with Crippen LogP contribution in [0.4, 0.5) is 0 Å². The van der Waals surface area contributed by atoms with Gasteiger partial charge in [0, 0.05) is 175 Å². The summed E-state index contributed by atoms with van der Waals surface area (Å²) < 4.78 is 32.1. The zero-order chi connectivity index (χ0) is 104. The second-order valence-corrected chi connectivity index (χ2v) is 55.7. The minimum absolute atomic E-state index is 0.0139. The van der Waals surface area contributed by atoms with Gasteiger partial charge in [-0.1, -0.05) is 174 Å². The maximum absolute atomic E-state index is 13.8. The van der Waals surface area contributed by atoms with E-state index in [-0.39, 0.29) is 58.0 Å². The summed E-state index contributed by atoms with van der Waals surface area (Å²) in [6.07, 6.45) is 93.0. The first-order chi connectivity index (χ1) is 71.1. The van der Waals surface area contributed by atoms with E-state index < -0.39 is 10.0 Å². The van der Waals surface area contributed by atoms with E-state index in [1.807, 2.05) is 49.9 Å². The maximum Gasteiger partial charge on any atom is 0.226 e. The molecule has 8 amide bonds. The van der Waals surface area contributed by atoms with Crippen LogP contribution in [0.5, 0.6) is 0 Å². The topological polar surface area (TPSA) is 218 Å². The first-order valence-corrected chi connectivity index (χ1v) is 65.5. The lowest BCUT2D eigenvalue weighted by atomic mass is 9.45. The number of sulfonamides is 1. The lowest BCUT2D eigenvalue weighted by Crippen LogP contribution is -2.52. The Labute approximate surface area is 905 Å². The first-order valence-electron chi connectivity index (χ1n) is 63.1. The van der Waals surface area contributed by atoms with Crippen LogP contribution in [0.1, 0.15) is 508 Å². The molecule has 0 aliphatic heterocycles. The number of carbonyl (C=O) groups is 8. The number of nitrogens with zero attached hydrogens (tertiary/aromatic N) is 8. The number of nitrogens with one attached hydrogen (secondary N) is 1. The fourth-order valence-corrected chi connectivity index (χ4v) is 35.8. The Balaban J connectivity index is 0.000000140. The number of amides is 8. The Bertz CT molecular complexity index is 3980. The third kappa shape index (κ3) is 33.4. The third-order valence-electron chi connectivity index (χ3n) is 43.1. The van der Waals surface area contributed by atoms with Gasteiger partial charge in [-0.3, -0.25) is 38.4 Å². The van der Waals surface area contributed by atoms with Crippen LogP contribution in [0, 0.1) is 88.3 Å². The van der Waals surface area contributed by atoms with Crippen molar-refractivity contribution in [2.75, 3.05) is 63.0 Å². The van der Waals surface area contributed by atoms with Crippen LogP contribution >= 0.6 is 23.2 Å². The number of alkyl halides is 2. The Morgan fingerprint density at radius 3 is 0.776 bits per heavy atom. The number of carbonyl (C=O) groups excluding carboxylic acids is 8. The van der Waals surface area contributed by atoms with Crippen molar-refractivity contribution in [1.82, 2.24) is 43.9 Å². The minimum Gasteiger partial charge on any atom is -0.381 e. The number of halogens is 2. The lowest BCUT2D eigenvalue weighted by molar-refractivity contribution is -0.145. The normalized spacial score (nSPS) is 33.8. The molecule has 0 aromatic rings. The van der Waals surface area contributed by atoms with E-state index in [0.717, 1.165) is 202 Å². The second-order valence-electron chi connectivity index (χ2n) is 52.4. The summed E-state index contributed by atoms with van der Waals surface area (Å²) >= 11 is 12.2. The Kier molecular flexibility index (Phi) is 48.1. The van der Waals surface area contributed by atoms with Gasteiger partial charge >= 0.3 is 0 Å². The van der Waals surface area contributed by atoms with Crippen LogP contribution in [0.2, 0.25) is 0 Å². The van der Waals surface area contributed by atoms with Crippen molar-refractivity contribution in [3.05, 3.63) is 0 Å². The van der Waals surface area contributed by atoms with Gasteiger partial charge in [0.1, 0.15) is 0 Å². The molecular weight excluding hydrogens is 1890 g/mol. The average molecular weight is 2110 g/mol. The molecule has 20 aliphatic rings. The van der Waals surface area contributed by atoms with E-state index >= 15 is 0 Å². The highest BCUT2D eigenvalue weighted by molar-refractivity contribution is 7.90. The predicted molar refractivity (Wildman–Crippen MR) is 598 cm³/mol. The van der Waals surface area contributed by atoms with Crippen molar-refractivity contribution in [2.45, 2.75) is 584 Å². The molecule has 20 saturated carbocycles. The molecule has 0 aromatic heterocycles. The molecular formula is C124H213Cl2N9O11S. The molecule has 20 aliphatic carbocycles. The molecule has 0 saturated heterocycles. The van der Waals surface area contributed by atoms with Gasteiger partial charge in [-0.05, 0) is 375 Å². The van der Waals surface area contributed by atoms with E-state index in [1.54, 1.807) is 52.6 Å². The van der Waals surface area contributed by atoms with Gasteiger partial charge in [0.2, 0.25) is 57.3 Å². The highest BCUT2D eigenvalue weighted by Gasteiger charge is 2.55. The summed E-state index contributed by atoms with van der Waals surface area (Å²) in [5.74, 6) is 10.8. The fourth-order valence-electron chi connectivity index (χ4n) is 33.8. The number of hydrogen-bond donors (Lipinski definition) is 1. The third-order valence-corrected chi connectivity index (χ3v) is 46.0. The van der Waals surface area contributed by atoms with Crippen LogP contribution in [-0.2, 0) is 53.1 Å². The van der Waals surface area contributed by atoms with E-state index in [0.29, 0.717) is 151 Å². The Morgan fingerprint density at radius 2 is 0.476 bits per heavy atom. The molecule has 840 valence electrons. The van der Waals surface area contributed by atoms with Gasteiger partial charge in [0.15, 0.2) is 0 Å². The molecule has 23 heteroatoms. The highest BCUT2D eigenvalue weighted by Crippen LogP contribution is 2.65. The Morgan fingerprint density at radius 1 is 0.259 bits per heavy atom. The fraction of sp³-hybridized carbons (Fsp3) is 0.935. The standard InChI is InChI=1S/C27H46N2O2.C24H39NO.C22H38N2O2.C21H37NO2.C16H30N2O3S.C14H23Cl2NO/c1-28(26(30)21-11-5-2-6-12-21)23-19-17-22(18-20-23)27(31)29(24-13-7-3-8-14-24)25-15-9-4-10-16-25;1-25(22-5-3-2-4-6-22)23(26)20-7-9-21(10-8-20)24-14-17-11-18(15-24)13-19(12-17)16-24;1-23(19-11-7-4-8-12-19)22(26)18-13-15-20(16-14-18)24(2)21(25)17-9-5-3-6-10-17;1-22(21(23)18-10-14-20(24-2)15-11-18)19-12-8-17(9-13-19)16-6-4-3-5-7-16;1-3-17-22(20,21)15-11-9-13(10-12-15)16(19)18(2)14-7-5-4-6-8-14;1-17(13-8-6-12(16)7-9-13)14(18)10-2-4-11(15)5-3-10/h21-25H,2-20H2,1H3;17-22H,2-16H2,1H3;17-20H,3-16H2,1-2H3;16-20H,3-15H2,1-2H3;13-15,17H,3-12H2,1-2H3;10-13H,2-9H2,1H3. The second kappa shape index (κ2) is 59.6. The van der Waals surface area contributed by atoms with Crippen molar-refractivity contribution < 1.29 is 51.5 Å². The summed E-state index contributed by atoms with van der Waals surface area (Å²) in [6, 6.07) is 3.98. The summed E-state index contributed by atoms with van der Waals surface area (Å²) in [6.45, 7) is 2.23. The first kappa shape index (κ1) is 119. The van der Waals surface area contributed by atoms with Crippen molar-refractivity contribution in [3.8, 4) is 0 Å². The van der Waals surface area contributed by atoms with Gasteiger partial charge < -0.3 is 43.9 Å². The summed E-state index contributed by atoms with van der Waals surface area (Å²) in [5, 5.41) is 0.277. The predicted octanol–water partition coefficient (Wildman–Crippen LogP) is 27.1. The Hall–Kier alpha value is -3.79. The van der Waals surface area contributed by atoms with Gasteiger partial charge in [-0.2, -0.15) is 0 Å². The molecule has 0 radical (unpaired) electrons. The quantitative estimate of drug-likeness (QED) is 0.0949. The zero-order valence-electron chi connectivity index (χ0n) is 94.7. The van der Waals surface area contributed by atoms with Crippen molar-refractivity contribution in [2.24, 2.45) is 88.3 Å². The molecule has 1 N–H and O–H groups in total. The van der Waals surface area contributed by atoms with Crippen LogP contribution in [0.25, 0.3) is 0 Å². The maximum atomic E-state index is 13.8. The summed E-state index contributed by atoms with van der Waals surface area (Å²) in [7, 11) is 12.7.